The van der Waals surface area contributed by atoms with Gasteiger partial charge in [-0.25, -0.2) is 0 Å². The standard InChI is InChI=1S/C14H20N2O3S/c1-5-14(2,12(15)20)13(17)16-9-6-10(18-3)8-11(7-9)19-4/h6-8H,5H2,1-4H3,(H2,15,20)(H,16,17). The summed E-state index contributed by atoms with van der Waals surface area (Å²) in [5, 5.41) is 2.80. The van der Waals surface area contributed by atoms with Gasteiger partial charge in [0.2, 0.25) is 5.91 Å². The molecular weight excluding hydrogens is 276 g/mol. The zero-order valence-corrected chi connectivity index (χ0v) is 13.0. The summed E-state index contributed by atoms with van der Waals surface area (Å²) in [5.41, 5.74) is 5.36. The molecule has 6 heteroatoms. The number of benzene rings is 1. The van der Waals surface area contributed by atoms with Crippen molar-refractivity contribution in [2.75, 3.05) is 19.5 Å². The lowest BCUT2D eigenvalue weighted by Crippen LogP contribution is -2.43. The minimum Gasteiger partial charge on any atom is -0.497 e. The van der Waals surface area contributed by atoms with Gasteiger partial charge in [0.05, 0.1) is 24.6 Å². The van der Waals surface area contributed by atoms with Crippen LogP contribution in [-0.2, 0) is 4.79 Å². The van der Waals surface area contributed by atoms with Crippen LogP contribution in [0.1, 0.15) is 20.3 Å². The molecule has 1 aromatic rings. The number of thiocarbonyl (C=S) groups is 1. The zero-order valence-electron chi connectivity index (χ0n) is 12.1. The summed E-state index contributed by atoms with van der Waals surface area (Å²) in [4.78, 5) is 12.5. The second kappa shape index (κ2) is 6.56. The van der Waals surface area contributed by atoms with Crippen molar-refractivity contribution in [3.8, 4) is 11.5 Å². The Bertz CT molecular complexity index is 497. The van der Waals surface area contributed by atoms with E-state index in [4.69, 9.17) is 27.4 Å². The molecule has 1 amide bonds. The first-order valence-corrected chi connectivity index (χ1v) is 6.62. The Kier molecular flexibility index (Phi) is 5.33. The summed E-state index contributed by atoms with van der Waals surface area (Å²) in [7, 11) is 3.09. The number of amides is 1. The molecule has 110 valence electrons. The molecule has 1 atom stereocenters. The van der Waals surface area contributed by atoms with Gasteiger partial charge < -0.3 is 20.5 Å². The Morgan fingerprint density at radius 1 is 1.30 bits per heavy atom. The Morgan fingerprint density at radius 3 is 2.15 bits per heavy atom. The molecule has 0 saturated heterocycles. The highest BCUT2D eigenvalue weighted by Gasteiger charge is 2.34. The van der Waals surface area contributed by atoms with E-state index >= 15 is 0 Å². The molecule has 0 aliphatic heterocycles. The summed E-state index contributed by atoms with van der Waals surface area (Å²) in [6.45, 7) is 3.59. The Labute approximate surface area is 124 Å². The van der Waals surface area contributed by atoms with Gasteiger partial charge in [-0.1, -0.05) is 19.1 Å². The number of rotatable bonds is 6. The molecule has 1 unspecified atom stereocenters. The van der Waals surface area contributed by atoms with Gasteiger partial charge >= 0.3 is 0 Å². The van der Waals surface area contributed by atoms with Crippen LogP contribution in [0.2, 0.25) is 0 Å². The second-order valence-corrected chi connectivity index (χ2v) is 5.05. The summed E-state index contributed by atoms with van der Waals surface area (Å²) in [5.74, 6) is 0.934. The minimum absolute atomic E-state index is 0.173. The molecule has 0 spiro atoms. The van der Waals surface area contributed by atoms with Gasteiger partial charge in [0.25, 0.3) is 0 Å². The van der Waals surface area contributed by atoms with Crippen LogP contribution in [0.4, 0.5) is 5.69 Å². The van der Waals surface area contributed by atoms with E-state index in [9.17, 15) is 4.79 Å². The molecule has 0 radical (unpaired) electrons. The van der Waals surface area contributed by atoms with Gasteiger partial charge in [-0.3, -0.25) is 4.79 Å². The normalized spacial score (nSPS) is 13.2. The van der Waals surface area contributed by atoms with Gasteiger partial charge in [-0.05, 0) is 13.3 Å². The number of carbonyl (C=O) groups is 1. The number of carbonyl (C=O) groups excluding carboxylic acids is 1. The van der Waals surface area contributed by atoms with Crippen LogP contribution in [-0.4, -0.2) is 25.1 Å². The first kappa shape index (κ1) is 16.2. The van der Waals surface area contributed by atoms with Gasteiger partial charge in [0, 0.05) is 23.9 Å². The van der Waals surface area contributed by atoms with Crippen LogP contribution in [0.15, 0.2) is 18.2 Å². The van der Waals surface area contributed by atoms with Gasteiger partial charge in [0.1, 0.15) is 11.5 Å². The van der Waals surface area contributed by atoms with Crippen molar-refractivity contribution in [2.24, 2.45) is 11.1 Å². The second-order valence-electron chi connectivity index (χ2n) is 4.61. The van der Waals surface area contributed by atoms with E-state index in [1.165, 1.54) is 0 Å². The number of anilines is 1. The summed E-state index contributed by atoms with van der Waals surface area (Å²) < 4.78 is 10.3. The molecule has 0 fully saturated rings. The van der Waals surface area contributed by atoms with Crippen LogP contribution in [0.25, 0.3) is 0 Å². The highest BCUT2D eigenvalue weighted by atomic mass is 32.1. The highest BCUT2D eigenvalue weighted by molar-refractivity contribution is 7.80. The highest BCUT2D eigenvalue weighted by Crippen LogP contribution is 2.28. The molecular formula is C14H20N2O3S. The maximum atomic E-state index is 12.3. The lowest BCUT2D eigenvalue weighted by atomic mass is 9.86. The van der Waals surface area contributed by atoms with Crippen LogP contribution < -0.4 is 20.5 Å². The Balaban J connectivity index is 3.03. The number of ether oxygens (including phenoxy) is 2. The van der Waals surface area contributed by atoms with Crippen LogP contribution in [0.5, 0.6) is 11.5 Å². The number of methoxy groups -OCH3 is 2. The fraction of sp³-hybridized carbons (Fsp3) is 0.429. The van der Waals surface area contributed by atoms with E-state index in [0.29, 0.717) is 23.6 Å². The predicted octanol–water partition coefficient (Wildman–Crippen LogP) is 2.34. The van der Waals surface area contributed by atoms with Gasteiger partial charge in [-0.2, -0.15) is 0 Å². The Morgan fingerprint density at radius 2 is 1.80 bits per heavy atom. The maximum Gasteiger partial charge on any atom is 0.237 e. The molecule has 0 saturated carbocycles. The van der Waals surface area contributed by atoms with Crippen LogP contribution >= 0.6 is 12.2 Å². The van der Waals surface area contributed by atoms with E-state index in [1.807, 2.05) is 6.92 Å². The minimum atomic E-state index is -0.883. The molecule has 0 heterocycles. The summed E-state index contributed by atoms with van der Waals surface area (Å²) >= 11 is 4.99. The molecule has 0 aromatic heterocycles. The van der Waals surface area contributed by atoms with Crippen molar-refractivity contribution in [1.29, 1.82) is 0 Å². The van der Waals surface area contributed by atoms with Crippen LogP contribution in [0, 0.1) is 5.41 Å². The fourth-order valence-electron chi connectivity index (χ4n) is 1.60. The SMILES string of the molecule is CCC(C)(C(=O)Nc1cc(OC)cc(OC)c1)C(N)=S. The van der Waals surface area contributed by atoms with E-state index in [-0.39, 0.29) is 10.9 Å². The van der Waals surface area contributed by atoms with Gasteiger partial charge in [0.15, 0.2) is 0 Å². The molecule has 0 aliphatic carbocycles. The largest absolute Gasteiger partial charge is 0.497 e. The zero-order chi connectivity index (χ0) is 15.3. The van der Waals surface area contributed by atoms with Crippen molar-refractivity contribution >= 4 is 28.8 Å². The van der Waals surface area contributed by atoms with Crippen LogP contribution in [0.3, 0.4) is 0 Å². The lowest BCUT2D eigenvalue weighted by Gasteiger charge is -2.25. The average molecular weight is 296 g/mol. The quantitative estimate of drug-likeness (QED) is 0.788. The monoisotopic (exact) mass is 296 g/mol. The third kappa shape index (κ3) is 3.39. The summed E-state index contributed by atoms with van der Waals surface area (Å²) in [6.07, 6.45) is 0.523. The molecule has 1 rings (SSSR count). The van der Waals surface area contributed by atoms with Crippen molar-refractivity contribution in [3.63, 3.8) is 0 Å². The number of nitrogens with two attached hydrogens (primary N) is 1. The average Bonchev–Trinajstić information content (AvgIpc) is 2.45. The van der Waals surface area contributed by atoms with Crippen molar-refractivity contribution < 1.29 is 14.3 Å². The predicted molar refractivity (Wildman–Crippen MR) is 83.4 cm³/mol. The topological polar surface area (TPSA) is 73.6 Å². The number of hydrogen-bond donors (Lipinski definition) is 2. The van der Waals surface area contributed by atoms with Gasteiger partial charge in [-0.15, -0.1) is 0 Å². The number of nitrogens with one attached hydrogen (secondary N) is 1. The number of hydrogen-bond acceptors (Lipinski definition) is 4. The van der Waals surface area contributed by atoms with Crippen molar-refractivity contribution in [2.45, 2.75) is 20.3 Å². The van der Waals surface area contributed by atoms with Crippen molar-refractivity contribution in [1.82, 2.24) is 0 Å². The van der Waals surface area contributed by atoms with E-state index < -0.39 is 5.41 Å². The molecule has 5 nitrogen and oxygen atoms in total. The Hall–Kier alpha value is -1.82. The van der Waals surface area contributed by atoms with E-state index in [0.717, 1.165) is 0 Å². The molecule has 0 aliphatic rings. The summed E-state index contributed by atoms with van der Waals surface area (Å²) in [6, 6.07) is 5.13. The first-order valence-electron chi connectivity index (χ1n) is 6.21. The molecule has 1 aromatic carbocycles. The smallest absolute Gasteiger partial charge is 0.237 e. The third-order valence-electron chi connectivity index (χ3n) is 3.36. The van der Waals surface area contributed by atoms with Crippen molar-refractivity contribution in [3.05, 3.63) is 18.2 Å². The maximum absolute atomic E-state index is 12.3. The lowest BCUT2D eigenvalue weighted by molar-refractivity contribution is -0.121. The third-order valence-corrected chi connectivity index (χ3v) is 3.81. The molecule has 3 N–H and O–H groups in total. The van der Waals surface area contributed by atoms with E-state index in [2.05, 4.69) is 5.32 Å². The molecule has 20 heavy (non-hydrogen) atoms. The van der Waals surface area contributed by atoms with E-state index in [1.54, 1.807) is 39.3 Å². The first-order chi connectivity index (χ1) is 9.37. The fourth-order valence-corrected chi connectivity index (χ4v) is 1.83. The molecule has 0 bridgehead atoms.